The van der Waals surface area contributed by atoms with Crippen LogP contribution >= 0.6 is 0 Å². The molecular formula is C20H24N4O3. The van der Waals surface area contributed by atoms with Crippen LogP contribution in [0.4, 0.5) is 5.82 Å². The molecule has 2 heterocycles. The Bertz CT molecular complexity index is 786. The molecule has 0 radical (unpaired) electrons. The van der Waals surface area contributed by atoms with Crippen molar-refractivity contribution in [3.63, 3.8) is 0 Å². The monoisotopic (exact) mass is 368 g/mol. The van der Waals surface area contributed by atoms with Crippen LogP contribution in [0.5, 0.6) is 11.5 Å². The van der Waals surface area contributed by atoms with Crippen molar-refractivity contribution in [3.8, 4) is 11.5 Å². The lowest BCUT2D eigenvalue weighted by atomic mass is 10.1. The minimum absolute atomic E-state index is 0.238. The Morgan fingerprint density at radius 1 is 1.04 bits per heavy atom. The third-order valence-electron chi connectivity index (χ3n) is 4.98. The van der Waals surface area contributed by atoms with E-state index in [1.54, 1.807) is 6.20 Å². The summed E-state index contributed by atoms with van der Waals surface area (Å²) >= 11 is 0. The smallest absolute Gasteiger partial charge is 0.271 e. The lowest BCUT2D eigenvalue weighted by molar-refractivity contribution is 0.0945. The molecule has 4 rings (SSSR count). The van der Waals surface area contributed by atoms with Gasteiger partial charge in [-0.15, -0.1) is 0 Å². The van der Waals surface area contributed by atoms with Crippen molar-refractivity contribution in [2.45, 2.75) is 51.1 Å². The van der Waals surface area contributed by atoms with Crippen LogP contribution in [0, 0.1) is 0 Å². The number of benzene rings is 1. The van der Waals surface area contributed by atoms with Crippen molar-refractivity contribution >= 4 is 11.7 Å². The van der Waals surface area contributed by atoms with E-state index in [4.69, 9.17) is 9.47 Å². The van der Waals surface area contributed by atoms with Gasteiger partial charge in [-0.3, -0.25) is 4.79 Å². The molecule has 0 bridgehead atoms. The standard InChI is InChI=1S/C20H24N4O3/c25-20(23-10-14-7-8-17-18(9-14)27-13-26-17)16-11-22-19(12-21-16)24-15-5-3-1-2-4-6-15/h7-9,11-12,15H,1-6,10,13H2,(H,22,24)(H,23,25). The molecule has 142 valence electrons. The molecule has 1 aromatic carbocycles. The quantitative estimate of drug-likeness (QED) is 0.788. The maximum absolute atomic E-state index is 12.3. The van der Waals surface area contributed by atoms with Gasteiger partial charge in [0, 0.05) is 12.6 Å². The van der Waals surface area contributed by atoms with Crippen LogP contribution in [0.2, 0.25) is 0 Å². The number of nitrogens with zero attached hydrogens (tertiary/aromatic N) is 2. The van der Waals surface area contributed by atoms with Crippen LogP contribution in [0.25, 0.3) is 0 Å². The molecule has 7 heteroatoms. The number of rotatable bonds is 5. The molecule has 1 aliphatic heterocycles. The Hall–Kier alpha value is -2.83. The van der Waals surface area contributed by atoms with E-state index in [9.17, 15) is 4.79 Å². The number of ether oxygens (including phenoxy) is 2. The van der Waals surface area contributed by atoms with Crippen LogP contribution in [-0.4, -0.2) is 28.7 Å². The first-order valence-electron chi connectivity index (χ1n) is 9.53. The zero-order chi connectivity index (χ0) is 18.5. The van der Waals surface area contributed by atoms with E-state index >= 15 is 0 Å². The molecule has 0 unspecified atom stereocenters. The lowest BCUT2D eigenvalue weighted by Crippen LogP contribution is -2.24. The number of fused-ring (bicyclic) bond motifs is 1. The number of hydrogen-bond donors (Lipinski definition) is 2. The van der Waals surface area contributed by atoms with Crippen molar-refractivity contribution in [2.75, 3.05) is 12.1 Å². The molecule has 1 aliphatic carbocycles. The molecule has 0 spiro atoms. The second kappa shape index (κ2) is 8.24. The van der Waals surface area contributed by atoms with E-state index in [2.05, 4.69) is 20.6 Å². The summed E-state index contributed by atoms with van der Waals surface area (Å²) in [6.07, 6.45) is 10.6. The van der Waals surface area contributed by atoms with Crippen LogP contribution in [0.3, 0.4) is 0 Å². The lowest BCUT2D eigenvalue weighted by Gasteiger charge is -2.16. The van der Waals surface area contributed by atoms with Crippen molar-refractivity contribution in [1.82, 2.24) is 15.3 Å². The summed E-state index contributed by atoms with van der Waals surface area (Å²) in [5, 5.41) is 6.29. The molecule has 0 saturated heterocycles. The molecule has 2 N–H and O–H groups in total. The number of carbonyl (C=O) groups is 1. The van der Waals surface area contributed by atoms with E-state index in [1.165, 1.54) is 44.7 Å². The van der Waals surface area contributed by atoms with Crippen LogP contribution < -0.4 is 20.1 Å². The Balaban J connectivity index is 1.31. The van der Waals surface area contributed by atoms with Gasteiger partial charge in [0.25, 0.3) is 5.91 Å². The van der Waals surface area contributed by atoms with E-state index in [0.717, 1.165) is 17.1 Å². The fraction of sp³-hybridized carbons (Fsp3) is 0.450. The summed E-state index contributed by atoms with van der Waals surface area (Å²) in [7, 11) is 0. The minimum atomic E-state index is -0.249. The van der Waals surface area contributed by atoms with Gasteiger partial charge in [-0.25, -0.2) is 9.97 Å². The Kier molecular flexibility index (Phi) is 5.37. The van der Waals surface area contributed by atoms with Gasteiger partial charge < -0.3 is 20.1 Å². The number of amides is 1. The molecule has 1 saturated carbocycles. The van der Waals surface area contributed by atoms with Crippen molar-refractivity contribution in [3.05, 3.63) is 41.9 Å². The van der Waals surface area contributed by atoms with E-state index in [0.29, 0.717) is 24.0 Å². The number of carbonyl (C=O) groups excluding carboxylic acids is 1. The summed E-state index contributed by atoms with van der Waals surface area (Å²) in [6, 6.07) is 6.07. The average molecular weight is 368 g/mol. The molecule has 2 aromatic rings. The predicted molar refractivity (Wildman–Crippen MR) is 101 cm³/mol. The van der Waals surface area contributed by atoms with Crippen molar-refractivity contribution in [2.24, 2.45) is 0 Å². The van der Waals surface area contributed by atoms with Gasteiger partial charge in [-0.05, 0) is 30.5 Å². The highest BCUT2D eigenvalue weighted by atomic mass is 16.7. The molecule has 7 nitrogen and oxygen atoms in total. The second-order valence-corrected chi connectivity index (χ2v) is 6.99. The summed E-state index contributed by atoms with van der Waals surface area (Å²) in [6.45, 7) is 0.626. The number of nitrogens with one attached hydrogen (secondary N) is 2. The van der Waals surface area contributed by atoms with Crippen LogP contribution in [0.15, 0.2) is 30.6 Å². The molecule has 1 amide bonds. The van der Waals surface area contributed by atoms with Gasteiger partial charge in [0.1, 0.15) is 11.5 Å². The number of anilines is 1. The van der Waals surface area contributed by atoms with Gasteiger partial charge >= 0.3 is 0 Å². The highest BCUT2D eigenvalue weighted by molar-refractivity contribution is 5.91. The second-order valence-electron chi connectivity index (χ2n) is 6.99. The van der Waals surface area contributed by atoms with Gasteiger partial charge in [-0.1, -0.05) is 31.7 Å². The average Bonchev–Trinajstić information content (AvgIpc) is 3.02. The van der Waals surface area contributed by atoms with Gasteiger partial charge in [0.15, 0.2) is 11.5 Å². The molecule has 1 aromatic heterocycles. The van der Waals surface area contributed by atoms with Crippen LogP contribution in [0.1, 0.15) is 54.6 Å². The Morgan fingerprint density at radius 3 is 2.63 bits per heavy atom. The highest BCUT2D eigenvalue weighted by Gasteiger charge is 2.15. The Labute approximate surface area is 158 Å². The third-order valence-corrected chi connectivity index (χ3v) is 4.98. The highest BCUT2D eigenvalue weighted by Crippen LogP contribution is 2.32. The van der Waals surface area contributed by atoms with E-state index in [-0.39, 0.29) is 12.7 Å². The first-order valence-corrected chi connectivity index (χ1v) is 9.53. The largest absolute Gasteiger partial charge is 0.454 e. The zero-order valence-corrected chi connectivity index (χ0v) is 15.2. The fourth-order valence-corrected chi connectivity index (χ4v) is 3.48. The Morgan fingerprint density at radius 2 is 1.85 bits per heavy atom. The summed E-state index contributed by atoms with van der Waals surface area (Å²) in [5.41, 5.74) is 1.24. The predicted octanol–water partition coefficient (Wildman–Crippen LogP) is 3.27. The third kappa shape index (κ3) is 4.48. The van der Waals surface area contributed by atoms with E-state index in [1.807, 2.05) is 18.2 Å². The topological polar surface area (TPSA) is 85.4 Å². The molecule has 2 aliphatic rings. The summed E-state index contributed by atoms with van der Waals surface area (Å²) in [4.78, 5) is 20.9. The van der Waals surface area contributed by atoms with Gasteiger partial charge in [-0.2, -0.15) is 0 Å². The van der Waals surface area contributed by atoms with Gasteiger partial charge in [0.05, 0.1) is 12.4 Å². The molecular weight excluding hydrogens is 344 g/mol. The maximum atomic E-state index is 12.3. The molecule has 0 atom stereocenters. The maximum Gasteiger partial charge on any atom is 0.271 e. The summed E-state index contributed by atoms with van der Waals surface area (Å²) in [5.74, 6) is 1.92. The number of hydrogen-bond acceptors (Lipinski definition) is 6. The number of aromatic nitrogens is 2. The fourth-order valence-electron chi connectivity index (χ4n) is 3.48. The first-order chi connectivity index (χ1) is 13.3. The zero-order valence-electron chi connectivity index (χ0n) is 15.2. The minimum Gasteiger partial charge on any atom is -0.454 e. The SMILES string of the molecule is O=C(NCc1ccc2c(c1)OCO2)c1cnc(NC2CCCCCC2)cn1. The summed E-state index contributed by atoms with van der Waals surface area (Å²) < 4.78 is 10.6. The first kappa shape index (κ1) is 17.6. The molecule has 1 fully saturated rings. The normalized spacial score (nSPS) is 16.6. The van der Waals surface area contributed by atoms with Crippen LogP contribution in [-0.2, 0) is 6.54 Å². The van der Waals surface area contributed by atoms with E-state index < -0.39 is 0 Å². The van der Waals surface area contributed by atoms with Crippen molar-refractivity contribution in [1.29, 1.82) is 0 Å². The van der Waals surface area contributed by atoms with Crippen molar-refractivity contribution < 1.29 is 14.3 Å². The van der Waals surface area contributed by atoms with Gasteiger partial charge in [0.2, 0.25) is 6.79 Å². The molecule has 27 heavy (non-hydrogen) atoms.